The lowest BCUT2D eigenvalue weighted by atomic mass is 10.0. The SMILES string of the molecule is CN(C)C1OCC(O)C(O)C1O. The van der Waals surface area contributed by atoms with E-state index in [4.69, 9.17) is 9.84 Å². The van der Waals surface area contributed by atoms with Gasteiger partial charge in [-0.2, -0.15) is 0 Å². The Morgan fingerprint density at radius 3 is 2.25 bits per heavy atom. The van der Waals surface area contributed by atoms with Crippen molar-refractivity contribution in [3.8, 4) is 0 Å². The van der Waals surface area contributed by atoms with Crippen LogP contribution in [0.4, 0.5) is 0 Å². The number of aliphatic hydroxyl groups is 3. The van der Waals surface area contributed by atoms with Crippen LogP contribution in [-0.2, 0) is 4.74 Å². The number of hydrogen-bond acceptors (Lipinski definition) is 5. The molecule has 4 atom stereocenters. The van der Waals surface area contributed by atoms with E-state index in [0.717, 1.165) is 0 Å². The smallest absolute Gasteiger partial charge is 0.139 e. The number of rotatable bonds is 1. The van der Waals surface area contributed by atoms with E-state index in [1.165, 1.54) is 0 Å². The molecule has 0 bridgehead atoms. The summed E-state index contributed by atoms with van der Waals surface area (Å²) in [6, 6.07) is 0. The second-order valence-electron chi connectivity index (χ2n) is 3.24. The van der Waals surface area contributed by atoms with Crippen LogP contribution in [-0.4, -0.2) is 65.5 Å². The molecule has 4 unspecified atom stereocenters. The van der Waals surface area contributed by atoms with Gasteiger partial charge in [0.15, 0.2) is 0 Å². The number of aliphatic hydroxyl groups excluding tert-OH is 3. The molecular weight excluding hydrogens is 162 g/mol. The fraction of sp³-hybridized carbons (Fsp3) is 1.00. The minimum absolute atomic E-state index is 0.0566. The third kappa shape index (κ3) is 1.75. The molecule has 1 fully saturated rings. The average Bonchev–Trinajstić information content (AvgIpc) is 2.00. The average molecular weight is 177 g/mol. The molecule has 1 rings (SSSR count). The first-order chi connectivity index (χ1) is 5.54. The Labute approximate surface area is 71.2 Å². The van der Waals surface area contributed by atoms with Crippen LogP contribution < -0.4 is 0 Å². The van der Waals surface area contributed by atoms with Crippen LogP contribution in [0, 0.1) is 0 Å². The number of nitrogens with zero attached hydrogens (tertiary/aromatic N) is 1. The van der Waals surface area contributed by atoms with E-state index in [9.17, 15) is 10.2 Å². The van der Waals surface area contributed by atoms with Crippen LogP contribution in [0.1, 0.15) is 0 Å². The van der Waals surface area contributed by atoms with Crippen molar-refractivity contribution in [2.75, 3.05) is 20.7 Å². The molecule has 0 aliphatic carbocycles. The number of likely N-dealkylation sites (N-methyl/N-ethyl adjacent to an activating group) is 1. The summed E-state index contributed by atoms with van der Waals surface area (Å²) in [7, 11) is 3.47. The van der Waals surface area contributed by atoms with Crippen molar-refractivity contribution in [3.63, 3.8) is 0 Å². The Hall–Kier alpha value is -0.200. The molecule has 5 nitrogen and oxygen atoms in total. The van der Waals surface area contributed by atoms with E-state index in [1.807, 2.05) is 0 Å². The zero-order valence-corrected chi connectivity index (χ0v) is 7.21. The lowest BCUT2D eigenvalue weighted by molar-refractivity contribution is -0.220. The van der Waals surface area contributed by atoms with E-state index in [0.29, 0.717) is 0 Å². The zero-order chi connectivity index (χ0) is 9.30. The molecule has 1 aliphatic rings. The molecule has 0 radical (unpaired) electrons. The van der Waals surface area contributed by atoms with Crippen LogP contribution in [0.25, 0.3) is 0 Å². The normalized spacial score (nSPS) is 43.5. The molecule has 0 aromatic carbocycles. The van der Waals surface area contributed by atoms with Crippen molar-refractivity contribution < 1.29 is 20.1 Å². The lowest BCUT2D eigenvalue weighted by Crippen LogP contribution is -2.57. The number of ether oxygens (including phenoxy) is 1. The van der Waals surface area contributed by atoms with Crippen LogP contribution in [0.15, 0.2) is 0 Å². The lowest BCUT2D eigenvalue weighted by Gasteiger charge is -2.38. The monoisotopic (exact) mass is 177 g/mol. The topological polar surface area (TPSA) is 73.2 Å². The van der Waals surface area contributed by atoms with Gasteiger partial charge < -0.3 is 20.1 Å². The molecule has 1 heterocycles. The summed E-state index contributed by atoms with van der Waals surface area (Å²) < 4.78 is 5.10. The fourth-order valence-corrected chi connectivity index (χ4v) is 1.25. The van der Waals surface area contributed by atoms with E-state index in [-0.39, 0.29) is 6.61 Å². The van der Waals surface area contributed by atoms with Gasteiger partial charge >= 0.3 is 0 Å². The van der Waals surface area contributed by atoms with E-state index in [1.54, 1.807) is 19.0 Å². The zero-order valence-electron chi connectivity index (χ0n) is 7.21. The van der Waals surface area contributed by atoms with Gasteiger partial charge in [-0.15, -0.1) is 0 Å². The summed E-state index contributed by atoms with van der Waals surface area (Å²) in [4.78, 5) is 1.65. The van der Waals surface area contributed by atoms with E-state index < -0.39 is 24.5 Å². The predicted octanol–water partition coefficient (Wildman–Crippen LogP) is -2.01. The van der Waals surface area contributed by atoms with Crippen molar-refractivity contribution in [1.29, 1.82) is 0 Å². The van der Waals surface area contributed by atoms with Crippen molar-refractivity contribution >= 4 is 0 Å². The Kier molecular flexibility index (Phi) is 3.03. The maximum Gasteiger partial charge on any atom is 0.139 e. The maximum atomic E-state index is 9.40. The summed E-state index contributed by atoms with van der Waals surface area (Å²) in [6.45, 7) is 0.0566. The summed E-state index contributed by atoms with van der Waals surface area (Å²) in [6.07, 6.45) is -3.70. The van der Waals surface area contributed by atoms with Crippen molar-refractivity contribution in [3.05, 3.63) is 0 Å². The number of hydrogen-bond donors (Lipinski definition) is 3. The fourth-order valence-electron chi connectivity index (χ4n) is 1.25. The molecule has 72 valence electrons. The Morgan fingerprint density at radius 1 is 1.17 bits per heavy atom. The molecule has 12 heavy (non-hydrogen) atoms. The molecule has 1 saturated heterocycles. The van der Waals surface area contributed by atoms with Gasteiger partial charge in [-0.3, -0.25) is 4.90 Å². The highest BCUT2D eigenvalue weighted by atomic mass is 16.5. The minimum Gasteiger partial charge on any atom is -0.388 e. The van der Waals surface area contributed by atoms with Crippen LogP contribution in [0.2, 0.25) is 0 Å². The van der Waals surface area contributed by atoms with Crippen LogP contribution >= 0.6 is 0 Å². The Bertz CT molecular complexity index is 152. The summed E-state index contributed by atoms with van der Waals surface area (Å²) in [5.41, 5.74) is 0. The standard InChI is InChI=1S/C7H15NO4/c1-8(2)7-6(11)5(10)4(9)3-12-7/h4-7,9-11H,3H2,1-2H3. The molecule has 3 N–H and O–H groups in total. The second kappa shape index (κ2) is 3.68. The van der Waals surface area contributed by atoms with E-state index >= 15 is 0 Å². The maximum absolute atomic E-state index is 9.40. The molecule has 5 heteroatoms. The Morgan fingerprint density at radius 2 is 1.75 bits per heavy atom. The Balaban J connectivity index is 2.58. The van der Waals surface area contributed by atoms with E-state index in [2.05, 4.69) is 0 Å². The first-order valence-corrected chi connectivity index (χ1v) is 3.86. The predicted molar refractivity (Wildman–Crippen MR) is 41.4 cm³/mol. The summed E-state index contributed by atoms with van der Waals surface area (Å²) >= 11 is 0. The molecule has 0 spiro atoms. The highest BCUT2D eigenvalue weighted by molar-refractivity contribution is 4.84. The van der Waals surface area contributed by atoms with Gasteiger partial charge in [0, 0.05) is 0 Å². The molecule has 1 aliphatic heterocycles. The van der Waals surface area contributed by atoms with Gasteiger partial charge in [-0.1, -0.05) is 0 Å². The van der Waals surface area contributed by atoms with Gasteiger partial charge in [-0.05, 0) is 14.1 Å². The summed E-state index contributed by atoms with van der Waals surface area (Å²) in [5, 5.41) is 27.8. The van der Waals surface area contributed by atoms with Crippen LogP contribution in [0.5, 0.6) is 0 Å². The van der Waals surface area contributed by atoms with Gasteiger partial charge in [-0.25, -0.2) is 0 Å². The highest BCUT2D eigenvalue weighted by Gasteiger charge is 2.38. The molecular formula is C7H15NO4. The highest BCUT2D eigenvalue weighted by Crippen LogP contribution is 2.16. The second-order valence-corrected chi connectivity index (χ2v) is 3.24. The van der Waals surface area contributed by atoms with Gasteiger partial charge in [0.2, 0.25) is 0 Å². The largest absolute Gasteiger partial charge is 0.388 e. The van der Waals surface area contributed by atoms with Crippen molar-refractivity contribution in [1.82, 2.24) is 4.90 Å². The molecule has 0 aromatic heterocycles. The van der Waals surface area contributed by atoms with Crippen molar-refractivity contribution in [2.45, 2.75) is 24.5 Å². The third-order valence-electron chi connectivity index (χ3n) is 1.98. The van der Waals surface area contributed by atoms with Crippen molar-refractivity contribution in [2.24, 2.45) is 0 Å². The van der Waals surface area contributed by atoms with Gasteiger partial charge in [0.1, 0.15) is 24.5 Å². The first-order valence-electron chi connectivity index (χ1n) is 3.86. The summed E-state index contributed by atoms with van der Waals surface area (Å²) in [5.74, 6) is 0. The molecule has 0 aromatic rings. The molecule has 0 saturated carbocycles. The van der Waals surface area contributed by atoms with Crippen LogP contribution in [0.3, 0.4) is 0 Å². The minimum atomic E-state index is -1.12. The third-order valence-corrected chi connectivity index (χ3v) is 1.98. The first kappa shape index (κ1) is 9.88. The van der Waals surface area contributed by atoms with Gasteiger partial charge in [0.05, 0.1) is 6.61 Å². The van der Waals surface area contributed by atoms with Gasteiger partial charge in [0.25, 0.3) is 0 Å². The quantitative estimate of drug-likeness (QED) is 0.431. The molecule has 0 amide bonds.